The van der Waals surface area contributed by atoms with Crippen LogP contribution in [0.1, 0.15) is 83.7 Å². The first-order chi connectivity index (χ1) is 21.3. The molecule has 4 fully saturated rings. The number of nitrogens with one attached hydrogen (secondary N) is 1. The first-order valence-electron chi connectivity index (χ1n) is 15.8. The Labute approximate surface area is 264 Å². The van der Waals surface area contributed by atoms with E-state index >= 15 is 0 Å². The number of carbonyl (C=O) groups excluding carboxylic acids is 1. The van der Waals surface area contributed by atoms with Gasteiger partial charge in [-0.1, -0.05) is 42.5 Å². The van der Waals surface area contributed by atoms with Gasteiger partial charge in [0, 0.05) is 23.4 Å². The smallest absolute Gasteiger partial charge is 0.326 e. The van der Waals surface area contributed by atoms with Crippen LogP contribution < -0.4 is 5.32 Å². The highest BCUT2D eigenvalue weighted by molar-refractivity contribution is 7.98. The topological polar surface area (TPSA) is 99.5 Å². The maximum Gasteiger partial charge on any atom is 0.326 e. The zero-order chi connectivity index (χ0) is 30.8. The van der Waals surface area contributed by atoms with E-state index in [9.17, 15) is 19.8 Å². The number of aryl methyl sites for hydroxylation is 1. The molecule has 0 radical (unpaired) electrons. The van der Waals surface area contributed by atoms with Crippen molar-refractivity contribution in [3.63, 3.8) is 0 Å². The van der Waals surface area contributed by atoms with E-state index in [2.05, 4.69) is 10.3 Å². The SMILES string of the molecule is CSCC[C@H](NC(=O)c1ccc(/C=C/c2cnccc2C(O)C23CC4CC(CC(C4)C2)C3)cc1-c1ccccc1C)C(=O)O. The number of hydrogen-bond acceptors (Lipinski definition) is 5. The van der Waals surface area contributed by atoms with E-state index in [-0.39, 0.29) is 5.41 Å². The fraction of sp³-hybridized carbons (Fsp3) is 0.432. The maximum absolute atomic E-state index is 13.5. The fourth-order valence-corrected chi connectivity index (χ4v) is 9.00. The third-order valence-corrected chi connectivity index (χ3v) is 10.9. The Morgan fingerprint density at radius 1 is 1.02 bits per heavy atom. The number of thioether (sulfide) groups is 1. The van der Waals surface area contributed by atoms with Crippen molar-refractivity contribution < 1.29 is 19.8 Å². The van der Waals surface area contributed by atoms with Gasteiger partial charge >= 0.3 is 5.97 Å². The van der Waals surface area contributed by atoms with Crippen molar-refractivity contribution in [3.8, 4) is 11.1 Å². The van der Waals surface area contributed by atoms with Crippen LogP contribution in [0.2, 0.25) is 0 Å². The van der Waals surface area contributed by atoms with Crippen LogP contribution in [0.5, 0.6) is 0 Å². The van der Waals surface area contributed by atoms with Crippen molar-refractivity contribution in [2.24, 2.45) is 23.2 Å². The van der Waals surface area contributed by atoms with Gasteiger partial charge in [-0.3, -0.25) is 9.78 Å². The number of aliphatic hydroxyl groups excluding tert-OH is 1. The van der Waals surface area contributed by atoms with E-state index in [4.69, 9.17) is 0 Å². The summed E-state index contributed by atoms with van der Waals surface area (Å²) in [6, 6.07) is 14.6. The molecule has 3 N–H and O–H groups in total. The Bertz CT molecular complexity index is 1530. The highest BCUT2D eigenvalue weighted by Gasteiger charge is 2.54. The van der Waals surface area contributed by atoms with Gasteiger partial charge in [-0.25, -0.2) is 4.79 Å². The number of rotatable bonds is 11. The van der Waals surface area contributed by atoms with Crippen LogP contribution in [-0.2, 0) is 4.79 Å². The lowest BCUT2D eigenvalue weighted by molar-refractivity contribution is -0.139. The third-order valence-electron chi connectivity index (χ3n) is 10.2. The van der Waals surface area contributed by atoms with E-state index in [0.29, 0.717) is 17.7 Å². The number of carboxylic acids is 1. The number of carbonyl (C=O) groups is 2. The lowest BCUT2D eigenvalue weighted by atomic mass is 9.47. The predicted octanol–water partition coefficient (Wildman–Crippen LogP) is 7.41. The standard InChI is InChI=1S/C37H42N2O4S/c1-23-5-3-4-6-29(23)32-18-24(8-10-31(32)35(41)39-33(36(42)43)12-14-44-2)7-9-28-22-38-13-11-30(28)34(40)37-19-25-15-26(20-37)17-27(16-25)21-37/h3-11,13,18,22,25-27,33-34,40H,12,14-17,19-21H2,1-2H3,(H,39,41)(H,42,43)/b9-7+/t25?,26?,27?,33-,34?,37?/m0/s1. The number of aliphatic hydroxyl groups is 1. The Balaban J connectivity index is 1.30. The van der Waals surface area contributed by atoms with Crippen LogP contribution >= 0.6 is 11.8 Å². The molecule has 1 amide bonds. The average molecular weight is 611 g/mol. The summed E-state index contributed by atoms with van der Waals surface area (Å²) in [5.41, 5.74) is 5.84. The molecular weight excluding hydrogens is 568 g/mol. The second-order valence-electron chi connectivity index (χ2n) is 13.3. The molecule has 230 valence electrons. The Kier molecular flexibility index (Phi) is 8.97. The molecule has 1 aromatic heterocycles. The lowest BCUT2D eigenvalue weighted by Gasteiger charge is -2.58. The molecule has 1 heterocycles. The quantitative estimate of drug-likeness (QED) is 0.209. The molecule has 4 aliphatic carbocycles. The van der Waals surface area contributed by atoms with Gasteiger partial charge in [0.2, 0.25) is 0 Å². The summed E-state index contributed by atoms with van der Waals surface area (Å²) in [5, 5.41) is 24.3. The van der Waals surface area contributed by atoms with Gasteiger partial charge in [0.1, 0.15) is 6.04 Å². The van der Waals surface area contributed by atoms with Crippen LogP contribution in [0.4, 0.5) is 0 Å². The summed E-state index contributed by atoms with van der Waals surface area (Å²) < 4.78 is 0. The van der Waals surface area contributed by atoms with Gasteiger partial charge in [0.25, 0.3) is 5.91 Å². The molecule has 3 aromatic rings. The Morgan fingerprint density at radius 2 is 1.73 bits per heavy atom. The number of pyridine rings is 1. The van der Waals surface area contributed by atoms with Crippen LogP contribution in [0.3, 0.4) is 0 Å². The van der Waals surface area contributed by atoms with Gasteiger partial charge in [-0.15, -0.1) is 0 Å². The number of aromatic nitrogens is 1. The molecule has 7 heteroatoms. The minimum absolute atomic E-state index is 0.0324. The van der Waals surface area contributed by atoms with Gasteiger partial charge in [0.05, 0.1) is 6.10 Å². The summed E-state index contributed by atoms with van der Waals surface area (Å²) in [7, 11) is 0. The Hall–Kier alpha value is -3.42. The van der Waals surface area contributed by atoms with Gasteiger partial charge in [-0.05, 0) is 133 Å². The van der Waals surface area contributed by atoms with Crippen molar-refractivity contribution in [1.29, 1.82) is 0 Å². The lowest BCUT2D eigenvalue weighted by Crippen LogP contribution is -2.49. The number of aliphatic carboxylic acids is 1. The summed E-state index contributed by atoms with van der Waals surface area (Å²) in [6.07, 6.45) is 16.8. The number of amides is 1. The van der Waals surface area contributed by atoms with E-state index in [1.54, 1.807) is 24.0 Å². The molecule has 4 bridgehead atoms. The minimum atomic E-state index is -1.03. The summed E-state index contributed by atoms with van der Waals surface area (Å²) in [5.74, 6) is 1.46. The highest BCUT2D eigenvalue weighted by Crippen LogP contribution is 2.64. The molecule has 0 saturated heterocycles. The van der Waals surface area contributed by atoms with Crippen molar-refractivity contribution in [2.75, 3.05) is 12.0 Å². The second kappa shape index (κ2) is 12.9. The van der Waals surface area contributed by atoms with Crippen molar-refractivity contribution in [2.45, 2.75) is 64.0 Å². The van der Waals surface area contributed by atoms with Crippen molar-refractivity contribution >= 4 is 35.8 Å². The minimum Gasteiger partial charge on any atom is -0.480 e. The molecule has 0 aliphatic heterocycles. The van der Waals surface area contributed by atoms with Crippen molar-refractivity contribution in [3.05, 3.63) is 88.7 Å². The molecular formula is C37H42N2O4S. The summed E-state index contributed by atoms with van der Waals surface area (Å²) in [6.45, 7) is 2.01. The number of hydrogen-bond donors (Lipinski definition) is 3. The molecule has 1 unspecified atom stereocenters. The molecule has 6 nitrogen and oxygen atoms in total. The van der Waals surface area contributed by atoms with E-state index in [0.717, 1.165) is 70.4 Å². The maximum atomic E-state index is 13.5. The van der Waals surface area contributed by atoms with Gasteiger partial charge < -0.3 is 15.5 Å². The van der Waals surface area contributed by atoms with Crippen LogP contribution in [0, 0.1) is 30.1 Å². The van der Waals surface area contributed by atoms with Gasteiger partial charge in [-0.2, -0.15) is 11.8 Å². The Morgan fingerprint density at radius 3 is 2.39 bits per heavy atom. The van der Waals surface area contributed by atoms with Crippen LogP contribution in [0.15, 0.2) is 60.9 Å². The van der Waals surface area contributed by atoms with E-state index in [1.807, 2.05) is 74.0 Å². The number of carboxylic acid groups (broad SMARTS) is 1. The first kappa shape index (κ1) is 30.6. The normalized spacial score (nSPS) is 25.2. The van der Waals surface area contributed by atoms with Crippen LogP contribution in [-0.4, -0.2) is 45.1 Å². The molecule has 2 aromatic carbocycles. The molecule has 44 heavy (non-hydrogen) atoms. The second-order valence-corrected chi connectivity index (χ2v) is 14.3. The summed E-state index contributed by atoms with van der Waals surface area (Å²) in [4.78, 5) is 29.7. The van der Waals surface area contributed by atoms with Crippen LogP contribution in [0.25, 0.3) is 23.3 Å². The van der Waals surface area contributed by atoms with Crippen molar-refractivity contribution in [1.82, 2.24) is 10.3 Å². The highest BCUT2D eigenvalue weighted by atomic mass is 32.2. The molecule has 2 atom stereocenters. The van der Waals surface area contributed by atoms with Gasteiger partial charge in [0.15, 0.2) is 0 Å². The monoisotopic (exact) mass is 610 g/mol. The fourth-order valence-electron chi connectivity index (χ4n) is 8.52. The van der Waals surface area contributed by atoms with E-state index in [1.165, 1.54) is 19.3 Å². The first-order valence-corrected chi connectivity index (χ1v) is 17.2. The van der Waals surface area contributed by atoms with E-state index < -0.39 is 24.0 Å². The molecule has 0 spiro atoms. The molecule has 7 rings (SSSR count). The predicted molar refractivity (Wildman–Crippen MR) is 177 cm³/mol. The molecule has 4 aliphatic rings. The third kappa shape index (κ3) is 6.22. The average Bonchev–Trinajstić information content (AvgIpc) is 3.01. The molecule has 4 saturated carbocycles. The largest absolute Gasteiger partial charge is 0.480 e. The summed E-state index contributed by atoms with van der Waals surface area (Å²) >= 11 is 1.55. The number of nitrogens with zero attached hydrogens (tertiary/aromatic N) is 1. The number of benzene rings is 2. The zero-order valence-electron chi connectivity index (χ0n) is 25.5. The zero-order valence-corrected chi connectivity index (χ0v) is 26.4.